The number of nitrogens with two attached hydrogens (primary N) is 1. The Hall–Kier alpha value is -1.36. The van der Waals surface area contributed by atoms with Crippen LogP contribution in [0.3, 0.4) is 0 Å². The molecule has 4 aliphatic rings. The van der Waals surface area contributed by atoms with E-state index >= 15 is 0 Å². The molecule has 1 aromatic rings. The Kier molecular flexibility index (Phi) is 3.48. The summed E-state index contributed by atoms with van der Waals surface area (Å²) in [4.78, 5) is 19.0. The van der Waals surface area contributed by atoms with Crippen LogP contribution in [0.2, 0.25) is 0 Å². The van der Waals surface area contributed by atoms with Crippen LogP contribution in [0, 0.1) is 23.2 Å². The van der Waals surface area contributed by atoms with Crippen LogP contribution in [0.15, 0.2) is 22.7 Å². The van der Waals surface area contributed by atoms with Crippen molar-refractivity contribution in [3.63, 3.8) is 0 Å². The van der Waals surface area contributed by atoms with Crippen LogP contribution in [0.4, 0.5) is 0 Å². The van der Waals surface area contributed by atoms with Gasteiger partial charge in [-0.3, -0.25) is 0 Å². The maximum atomic E-state index is 12.6. The second-order valence-electron chi connectivity index (χ2n) is 7.42. The largest absolute Gasteiger partial charge is 0.384 e. The van der Waals surface area contributed by atoms with Gasteiger partial charge in [0.05, 0.1) is 5.41 Å². The van der Waals surface area contributed by atoms with Crippen LogP contribution in [-0.2, 0) is 16.1 Å². The minimum absolute atomic E-state index is 0.138. The molecule has 4 bridgehead atoms. The third-order valence-electron chi connectivity index (χ3n) is 5.65. The first kappa shape index (κ1) is 14.2. The molecule has 1 aromatic heterocycles. The highest BCUT2D eigenvalue weighted by Crippen LogP contribution is 2.60. The number of hydrogen-bond acceptors (Lipinski definition) is 4. The Morgan fingerprint density at radius 3 is 2.45 bits per heavy atom. The van der Waals surface area contributed by atoms with Gasteiger partial charge in [0.15, 0.2) is 0 Å². The van der Waals surface area contributed by atoms with Gasteiger partial charge in [-0.25, -0.2) is 4.79 Å². The van der Waals surface area contributed by atoms with E-state index in [0.29, 0.717) is 12.3 Å². The Morgan fingerprint density at radius 2 is 1.91 bits per heavy atom. The number of amidine groups is 1. The molecular weight excluding hydrogens is 296 g/mol. The summed E-state index contributed by atoms with van der Waals surface area (Å²) in [5.74, 6) is 2.42. The highest BCUT2D eigenvalue weighted by molar-refractivity contribution is 7.10. The van der Waals surface area contributed by atoms with E-state index in [2.05, 4.69) is 5.16 Å². The van der Waals surface area contributed by atoms with Crippen molar-refractivity contribution < 1.29 is 9.63 Å². The third-order valence-corrected chi connectivity index (χ3v) is 6.53. The van der Waals surface area contributed by atoms with E-state index < -0.39 is 0 Å². The van der Waals surface area contributed by atoms with Crippen molar-refractivity contribution in [3.8, 4) is 0 Å². The first-order chi connectivity index (χ1) is 10.6. The number of oxime groups is 1. The van der Waals surface area contributed by atoms with E-state index in [1.807, 2.05) is 17.5 Å². The van der Waals surface area contributed by atoms with Crippen molar-refractivity contribution in [2.75, 3.05) is 0 Å². The second-order valence-corrected chi connectivity index (χ2v) is 8.45. The average molecular weight is 318 g/mol. The lowest BCUT2D eigenvalue weighted by molar-refractivity contribution is -0.171. The molecule has 5 heteroatoms. The van der Waals surface area contributed by atoms with Gasteiger partial charge in [0.2, 0.25) is 0 Å². The van der Waals surface area contributed by atoms with Crippen molar-refractivity contribution >= 4 is 23.1 Å². The van der Waals surface area contributed by atoms with E-state index in [-0.39, 0.29) is 11.4 Å². The fraction of sp³-hybridized carbons (Fsp3) is 0.647. The third kappa shape index (κ3) is 2.56. The van der Waals surface area contributed by atoms with Crippen molar-refractivity contribution in [2.45, 2.75) is 44.9 Å². The van der Waals surface area contributed by atoms with Gasteiger partial charge in [0.25, 0.3) is 0 Å². The second kappa shape index (κ2) is 5.37. The number of rotatable bonds is 4. The Bertz CT molecular complexity index is 559. The summed E-state index contributed by atoms with van der Waals surface area (Å²) in [6.45, 7) is 0. The Morgan fingerprint density at radius 1 is 1.27 bits per heavy atom. The summed E-state index contributed by atoms with van der Waals surface area (Å²) in [6, 6.07) is 3.99. The summed E-state index contributed by atoms with van der Waals surface area (Å²) in [7, 11) is 0. The van der Waals surface area contributed by atoms with Crippen LogP contribution >= 0.6 is 11.3 Å². The van der Waals surface area contributed by atoms with Gasteiger partial charge in [-0.15, -0.1) is 11.3 Å². The molecule has 22 heavy (non-hydrogen) atoms. The lowest BCUT2D eigenvalue weighted by atomic mass is 9.49. The lowest BCUT2D eigenvalue weighted by Crippen LogP contribution is -2.50. The van der Waals surface area contributed by atoms with Gasteiger partial charge in [0.1, 0.15) is 5.84 Å². The standard InChI is InChI=1S/C17H22N2O2S/c18-15(7-14-2-1-3-22-14)19-21-16(20)17-8-11-4-12(9-17)6-13(5-11)10-17/h1-3,11-13H,4-10H2,(H2,18,19). The van der Waals surface area contributed by atoms with E-state index in [1.54, 1.807) is 11.3 Å². The van der Waals surface area contributed by atoms with Crippen molar-refractivity contribution in [3.05, 3.63) is 22.4 Å². The van der Waals surface area contributed by atoms with Crippen LogP contribution in [-0.4, -0.2) is 11.8 Å². The number of nitrogens with zero attached hydrogens (tertiary/aromatic N) is 1. The first-order valence-electron chi connectivity index (χ1n) is 8.19. The van der Waals surface area contributed by atoms with Crippen molar-refractivity contribution in [1.82, 2.24) is 0 Å². The number of carbonyl (C=O) groups is 1. The molecule has 4 nitrogen and oxygen atoms in total. The van der Waals surface area contributed by atoms with Gasteiger partial charge in [-0.1, -0.05) is 11.2 Å². The molecule has 1 heterocycles. The first-order valence-corrected chi connectivity index (χ1v) is 9.07. The van der Waals surface area contributed by atoms with Crippen LogP contribution in [0.1, 0.15) is 43.4 Å². The minimum Gasteiger partial charge on any atom is -0.384 e. The molecule has 0 atom stereocenters. The van der Waals surface area contributed by atoms with Crippen LogP contribution < -0.4 is 5.73 Å². The monoisotopic (exact) mass is 318 g/mol. The fourth-order valence-corrected chi connectivity index (χ4v) is 5.90. The molecule has 0 spiro atoms. The normalized spacial score (nSPS) is 36.5. The Balaban J connectivity index is 1.42. The van der Waals surface area contributed by atoms with Gasteiger partial charge < -0.3 is 10.6 Å². The lowest BCUT2D eigenvalue weighted by Gasteiger charge is -2.54. The Labute approximate surface area is 134 Å². The molecule has 4 aliphatic carbocycles. The summed E-state index contributed by atoms with van der Waals surface area (Å²) in [5.41, 5.74) is 5.62. The smallest absolute Gasteiger partial charge is 0.341 e. The highest BCUT2D eigenvalue weighted by atomic mass is 32.1. The molecule has 0 unspecified atom stereocenters. The predicted octanol–water partition coefficient (Wildman–Crippen LogP) is 3.32. The fourth-order valence-electron chi connectivity index (χ4n) is 5.18. The number of thiophene rings is 1. The summed E-state index contributed by atoms with van der Waals surface area (Å²) in [6.07, 6.45) is 7.49. The molecule has 2 N–H and O–H groups in total. The average Bonchev–Trinajstić information content (AvgIpc) is 2.96. The van der Waals surface area contributed by atoms with E-state index in [1.165, 1.54) is 19.3 Å². The molecular formula is C17H22N2O2S. The summed E-state index contributed by atoms with van der Waals surface area (Å²) >= 11 is 1.63. The molecule has 4 saturated carbocycles. The molecule has 0 radical (unpaired) electrons. The topological polar surface area (TPSA) is 64.7 Å². The molecule has 118 valence electrons. The van der Waals surface area contributed by atoms with Crippen molar-refractivity contribution in [2.24, 2.45) is 34.1 Å². The molecule has 0 saturated heterocycles. The van der Waals surface area contributed by atoms with Crippen LogP contribution in [0.25, 0.3) is 0 Å². The van der Waals surface area contributed by atoms with Crippen molar-refractivity contribution in [1.29, 1.82) is 0 Å². The van der Waals surface area contributed by atoms with Gasteiger partial charge in [-0.05, 0) is 67.7 Å². The molecule has 0 amide bonds. The molecule has 0 aliphatic heterocycles. The zero-order valence-corrected chi connectivity index (χ0v) is 13.5. The molecule has 4 fully saturated rings. The van der Waals surface area contributed by atoms with Crippen LogP contribution in [0.5, 0.6) is 0 Å². The van der Waals surface area contributed by atoms with E-state index in [0.717, 1.165) is 41.9 Å². The zero-order chi connectivity index (χ0) is 15.2. The number of hydrogen-bond donors (Lipinski definition) is 1. The highest BCUT2D eigenvalue weighted by Gasteiger charge is 2.55. The summed E-state index contributed by atoms with van der Waals surface area (Å²) in [5, 5.41) is 5.91. The zero-order valence-electron chi connectivity index (χ0n) is 12.7. The van der Waals surface area contributed by atoms with E-state index in [9.17, 15) is 4.79 Å². The van der Waals surface area contributed by atoms with Gasteiger partial charge in [-0.2, -0.15) is 0 Å². The minimum atomic E-state index is -0.262. The maximum Gasteiger partial charge on any atom is 0.341 e. The predicted molar refractivity (Wildman–Crippen MR) is 86.3 cm³/mol. The van der Waals surface area contributed by atoms with Gasteiger partial charge in [0, 0.05) is 11.3 Å². The van der Waals surface area contributed by atoms with Gasteiger partial charge >= 0.3 is 5.97 Å². The molecule has 0 aromatic carbocycles. The number of carbonyl (C=O) groups excluding carboxylic acids is 1. The van der Waals surface area contributed by atoms with E-state index in [4.69, 9.17) is 10.6 Å². The summed E-state index contributed by atoms with van der Waals surface area (Å²) < 4.78 is 0. The SMILES string of the molecule is N/C(Cc1cccs1)=N/OC(=O)C12CC3CC(CC(C3)C1)C2. The molecule has 5 rings (SSSR count). The maximum absolute atomic E-state index is 12.6. The quantitative estimate of drug-likeness (QED) is 0.401.